The maximum absolute atomic E-state index is 11.4. The Balaban J connectivity index is 3.00. The number of benzene rings is 1. The molecule has 1 aromatic carbocycles. The van der Waals surface area contributed by atoms with Gasteiger partial charge in [0.15, 0.2) is 11.5 Å². The van der Waals surface area contributed by atoms with Gasteiger partial charge in [0.05, 0.1) is 25.5 Å². The fraction of sp³-hybridized carbons (Fsp3) is 0.308. The highest BCUT2D eigenvalue weighted by Crippen LogP contribution is 2.29. The average molecular weight is 236 g/mol. The molecule has 0 spiro atoms. The van der Waals surface area contributed by atoms with Gasteiger partial charge in [-0.05, 0) is 24.6 Å². The number of rotatable bonds is 6. The molecule has 92 valence electrons. The minimum absolute atomic E-state index is 0.406. The third-order valence-corrected chi connectivity index (χ3v) is 2.04. The molecular weight excluding hydrogens is 220 g/mol. The third-order valence-electron chi connectivity index (χ3n) is 2.04. The Morgan fingerprint density at radius 2 is 2.18 bits per heavy atom. The molecule has 0 amide bonds. The number of ether oxygens (including phenoxy) is 3. The standard InChI is InChI=1S/C13H16O4/c1-4-8-17-12-9-10(13(14)15-3)6-7-11(12)16-5-2/h5-7,9H,2,4,8H2,1,3H3. The van der Waals surface area contributed by atoms with E-state index in [0.29, 0.717) is 23.7 Å². The molecule has 0 saturated heterocycles. The van der Waals surface area contributed by atoms with Crippen molar-refractivity contribution in [2.24, 2.45) is 0 Å². The van der Waals surface area contributed by atoms with Gasteiger partial charge in [-0.3, -0.25) is 0 Å². The van der Waals surface area contributed by atoms with Crippen molar-refractivity contribution in [3.63, 3.8) is 0 Å². The van der Waals surface area contributed by atoms with E-state index in [0.717, 1.165) is 6.42 Å². The van der Waals surface area contributed by atoms with Gasteiger partial charge in [0.1, 0.15) is 0 Å². The number of carbonyl (C=O) groups is 1. The van der Waals surface area contributed by atoms with Crippen molar-refractivity contribution >= 4 is 5.97 Å². The fourth-order valence-corrected chi connectivity index (χ4v) is 1.26. The summed E-state index contributed by atoms with van der Waals surface area (Å²) in [4.78, 5) is 11.4. The predicted octanol–water partition coefficient (Wildman–Crippen LogP) is 2.78. The van der Waals surface area contributed by atoms with Crippen molar-refractivity contribution in [1.29, 1.82) is 0 Å². The van der Waals surface area contributed by atoms with Crippen LogP contribution in [0.4, 0.5) is 0 Å². The summed E-state index contributed by atoms with van der Waals surface area (Å²) in [5.74, 6) is 0.632. The molecule has 0 atom stereocenters. The molecule has 0 heterocycles. The molecule has 1 aromatic rings. The van der Waals surface area contributed by atoms with E-state index in [1.807, 2.05) is 6.92 Å². The van der Waals surface area contributed by atoms with E-state index in [-0.39, 0.29) is 0 Å². The van der Waals surface area contributed by atoms with E-state index in [1.165, 1.54) is 13.4 Å². The summed E-state index contributed by atoms with van der Waals surface area (Å²) < 4.78 is 15.3. The first-order valence-corrected chi connectivity index (χ1v) is 5.35. The second kappa shape index (κ2) is 6.58. The molecule has 17 heavy (non-hydrogen) atoms. The molecule has 4 heteroatoms. The Labute approximate surface area is 101 Å². The summed E-state index contributed by atoms with van der Waals surface area (Å²) in [5.41, 5.74) is 0.426. The molecule has 0 radical (unpaired) electrons. The highest BCUT2D eigenvalue weighted by molar-refractivity contribution is 5.90. The number of carbonyl (C=O) groups excluding carboxylic acids is 1. The van der Waals surface area contributed by atoms with Crippen molar-refractivity contribution in [3.05, 3.63) is 36.6 Å². The number of methoxy groups -OCH3 is 1. The second-order valence-electron chi connectivity index (χ2n) is 3.29. The largest absolute Gasteiger partial charge is 0.490 e. The van der Waals surface area contributed by atoms with Gasteiger partial charge in [-0.2, -0.15) is 0 Å². The molecule has 4 nitrogen and oxygen atoms in total. The smallest absolute Gasteiger partial charge is 0.337 e. The highest BCUT2D eigenvalue weighted by Gasteiger charge is 2.11. The first-order valence-electron chi connectivity index (χ1n) is 5.35. The Morgan fingerprint density at radius 1 is 1.41 bits per heavy atom. The fourth-order valence-electron chi connectivity index (χ4n) is 1.26. The molecule has 0 fully saturated rings. The van der Waals surface area contributed by atoms with Crippen molar-refractivity contribution in [2.75, 3.05) is 13.7 Å². The van der Waals surface area contributed by atoms with Gasteiger partial charge >= 0.3 is 5.97 Å². The predicted molar refractivity (Wildman–Crippen MR) is 64.4 cm³/mol. The van der Waals surface area contributed by atoms with Crippen LogP contribution in [0, 0.1) is 0 Å². The first kappa shape index (κ1) is 13.1. The van der Waals surface area contributed by atoms with Crippen LogP contribution in [0.1, 0.15) is 23.7 Å². The molecule has 1 rings (SSSR count). The van der Waals surface area contributed by atoms with Gasteiger partial charge in [-0.1, -0.05) is 13.5 Å². The molecule has 0 aliphatic rings. The zero-order valence-electron chi connectivity index (χ0n) is 10.1. The minimum atomic E-state index is -0.406. The minimum Gasteiger partial charge on any atom is -0.490 e. The molecule has 0 bridgehead atoms. The van der Waals surface area contributed by atoms with Crippen LogP contribution in [0.2, 0.25) is 0 Å². The third kappa shape index (κ3) is 3.52. The maximum atomic E-state index is 11.4. The summed E-state index contributed by atoms with van der Waals surface area (Å²) in [6.07, 6.45) is 2.18. The zero-order chi connectivity index (χ0) is 12.7. The Kier molecular flexibility index (Phi) is 5.07. The molecule has 0 aliphatic carbocycles. The average Bonchev–Trinajstić information content (AvgIpc) is 2.37. The summed E-state index contributed by atoms with van der Waals surface area (Å²) >= 11 is 0. The van der Waals surface area contributed by atoms with E-state index in [1.54, 1.807) is 18.2 Å². The highest BCUT2D eigenvalue weighted by atomic mass is 16.5. The van der Waals surface area contributed by atoms with Crippen LogP contribution in [-0.4, -0.2) is 19.7 Å². The van der Waals surface area contributed by atoms with E-state index >= 15 is 0 Å². The SMILES string of the molecule is C=COc1ccc(C(=O)OC)cc1OCCC. The lowest BCUT2D eigenvalue weighted by Gasteiger charge is -2.11. The van der Waals surface area contributed by atoms with Crippen LogP contribution in [0.5, 0.6) is 11.5 Å². The monoisotopic (exact) mass is 236 g/mol. The van der Waals surface area contributed by atoms with Crippen LogP contribution in [0.15, 0.2) is 31.0 Å². The zero-order valence-corrected chi connectivity index (χ0v) is 10.1. The van der Waals surface area contributed by atoms with Gasteiger partial charge in [0.25, 0.3) is 0 Å². The molecule has 0 aromatic heterocycles. The molecule has 0 unspecified atom stereocenters. The number of hydrogen-bond acceptors (Lipinski definition) is 4. The lowest BCUT2D eigenvalue weighted by molar-refractivity contribution is 0.0600. The van der Waals surface area contributed by atoms with Crippen LogP contribution >= 0.6 is 0 Å². The van der Waals surface area contributed by atoms with Gasteiger partial charge < -0.3 is 14.2 Å². The van der Waals surface area contributed by atoms with Crippen LogP contribution in [-0.2, 0) is 4.74 Å². The summed E-state index contributed by atoms with van der Waals surface area (Å²) in [7, 11) is 1.34. The topological polar surface area (TPSA) is 44.8 Å². The van der Waals surface area contributed by atoms with E-state index < -0.39 is 5.97 Å². The van der Waals surface area contributed by atoms with Crippen molar-refractivity contribution in [2.45, 2.75) is 13.3 Å². The quantitative estimate of drug-likeness (QED) is 0.562. The maximum Gasteiger partial charge on any atom is 0.337 e. The van der Waals surface area contributed by atoms with E-state index in [4.69, 9.17) is 9.47 Å². The van der Waals surface area contributed by atoms with Crippen LogP contribution < -0.4 is 9.47 Å². The summed E-state index contributed by atoms with van der Waals surface area (Å²) in [5, 5.41) is 0. The lowest BCUT2D eigenvalue weighted by atomic mass is 10.2. The van der Waals surface area contributed by atoms with Gasteiger partial charge in [0, 0.05) is 0 Å². The molecular formula is C13H16O4. The normalized spacial score (nSPS) is 9.53. The van der Waals surface area contributed by atoms with Crippen molar-refractivity contribution in [3.8, 4) is 11.5 Å². The van der Waals surface area contributed by atoms with E-state index in [2.05, 4.69) is 11.3 Å². The first-order chi connectivity index (χ1) is 8.22. The van der Waals surface area contributed by atoms with E-state index in [9.17, 15) is 4.79 Å². The molecule has 0 saturated carbocycles. The van der Waals surface area contributed by atoms with Crippen LogP contribution in [0.25, 0.3) is 0 Å². The summed E-state index contributed by atoms with van der Waals surface area (Å²) in [6.45, 7) is 6.03. The Hall–Kier alpha value is -1.97. The summed E-state index contributed by atoms with van der Waals surface area (Å²) in [6, 6.07) is 4.86. The lowest BCUT2D eigenvalue weighted by Crippen LogP contribution is -2.03. The van der Waals surface area contributed by atoms with Crippen LogP contribution in [0.3, 0.4) is 0 Å². The second-order valence-corrected chi connectivity index (χ2v) is 3.29. The van der Waals surface area contributed by atoms with Crippen molar-refractivity contribution in [1.82, 2.24) is 0 Å². The van der Waals surface area contributed by atoms with Gasteiger partial charge in [0.2, 0.25) is 0 Å². The van der Waals surface area contributed by atoms with Gasteiger partial charge in [-0.15, -0.1) is 0 Å². The number of hydrogen-bond donors (Lipinski definition) is 0. The number of esters is 1. The Morgan fingerprint density at radius 3 is 2.76 bits per heavy atom. The molecule has 0 aliphatic heterocycles. The Bertz CT molecular complexity index is 398. The van der Waals surface area contributed by atoms with Gasteiger partial charge in [-0.25, -0.2) is 4.79 Å². The molecule has 0 N–H and O–H groups in total. The van der Waals surface area contributed by atoms with Crippen molar-refractivity contribution < 1.29 is 19.0 Å².